The first-order chi connectivity index (χ1) is 8.63. The van der Waals surface area contributed by atoms with Crippen molar-refractivity contribution < 1.29 is 14.3 Å². The van der Waals surface area contributed by atoms with Crippen molar-refractivity contribution in [1.29, 1.82) is 0 Å². The van der Waals surface area contributed by atoms with Crippen molar-refractivity contribution in [2.24, 2.45) is 11.7 Å². The first kappa shape index (κ1) is 14.9. The lowest BCUT2D eigenvalue weighted by Crippen LogP contribution is -2.43. The van der Waals surface area contributed by atoms with Crippen LogP contribution in [0.5, 0.6) is 0 Å². The molecule has 6 nitrogen and oxygen atoms in total. The number of amides is 2. The third-order valence-corrected chi connectivity index (χ3v) is 3.22. The van der Waals surface area contributed by atoms with Gasteiger partial charge in [-0.05, 0) is 18.8 Å². The lowest BCUT2D eigenvalue weighted by atomic mass is 9.93. The van der Waals surface area contributed by atoms with Crippen LogP contribution in [0.15, 0.2) is 0 Å². The molecule has 6 heteroatoms. The molecule has 0 unspecified atom stereocenters. The molecule has 0 aromatic rings. The number of hydrogen-bond donors (Lipinski definition) is 2. The Morgan fingerprint density at radius 2 is 2.06 bits per heavy atom. The molecule has 1 rings (SSSR count). The molecule has 1 saturated heterocycles. The molecular formula is C12H23N3O3. The van der Waals surface area contributed by atoms with Crippen LogP contribution in [-0.4, -0.2) is 56.6 Å². The smallest absolute Gasteiger partial charge is 0.236 e. The summed E-state index contributed by atoms with van der Waals surface area (Å²) in [5.41, 5.74) is 5.17. The Bertz CT molecular complexity index is 276. The Morgan fingerprint density at radius 1 is 1.39 bits per heavy atom. The van der Waals surface area contributed by atoms with Crippen molar-refractivity contribution in [2.75, 3.05) is 39.9 Å². The highest BCUT2D eigenvalue weighted by molar-refractivity contribution is 5.78. The van der Waals surface area contributed by atoms with E-state index in [1.54, 1.807) is 7.11 Å². The van der Waals surface area contributed by atoms with Crippen LogP contribution in [0, 0.1) is 5.92 Å². The number of primary amides is 1. The molecule has 0 atom stereocenters. The summed E-state index contributed by atoms with van der Waals surface area (Å²) < 4.78 is 4.89. The summed E-state index contributed by atoms with van der Waals surface area (Å²) in [5, 5.41) is 3.04. The standard InChI is InChI=1S/C12H23N3O3/c1-18-7-4-14-9-12(17)15-5-2-10(3-6-15)8-11(13)16/h10,14H,2-9H2,1H3,(H2,13,16). The molecule has 0 aliphatic carbocycles. The average molecular weight is 257 g/mol. The minimum atomic E-state index is -0.249. The van der Waals surface area contributed by atoms with E-state index in [-0.39, 0.29) is 11.8 Å². The largest absolute Gasteiger partial charge is 0.383 e. The quantitative estimate of drug-likeness (QED) is 0.593. The number of nitrogens with two attached hydrogens (primary N) is 1. The van der Waals surface area contributed by atoms with E-state index in [2.05, 4.69) is 5.32 Å². The van der Waals surface area contributed by atoms with Gasteiger partial charge in [-0.15, -0.1) is 0 Å². The Morgan fingerprint density at radius 3 is 2.61 bits per heavy atom. The number of nitrogens with zero attached hydrogens (tertiary/aromatic N) is 1. The fourth-order valence-electron chi connectivity index (χ4n) is 2.15. The van der Waals surface area contributed by atoms with Gasteiger partial charge in [0, 0.05) is 33.2 Å². The summed E-state index contributed by atoms with van der Waals surface area (Å²) in [6.07, 6.45) is 2.17. The first-order valence-electron chi connectivity index (χ1n) is 6.39. The predicted octanol–water partition coefficient (Wildman–Crippen LogP) is -0.664. The number of carbonyl (C=O) groups excluding carboxylic acids is 2. The number of rotatable bonds is 7. The van der Waals surface area contributed by atoms with Gasteiger partial charge in [-0.1, -0.05) is 0 Å². The normalized spacial score (nSPS) is 16.8. The van der Waals surface area contributed by atoms with Crippen LogP contribution in [0.1, 0.15) is 19.3 Å². The van der Waals surface area contributed by atoms with Gasteiger partial charge in [0.05, 0.1) is 13.2 Å². The lowest BCUT2D eigenvalue weighted by molar-refractivity contribution is -0.131. The second kappa shape index (κ2) is 8.05. The second-order valence-corrected chi connectivity index (χ2v) is 4.66. The first-order valence-corrected chi connectivity index (χ1v) is 6.39. The number of ether oxygens (including phenoxy) is 1. The van der Waals surface area contributed by atoms with Crippen molar-refractivity contribution in [3.8, 4) is 0 Å². The summed E-state index contributed by atoms with van der Waals surface area (Å²) in [5.74, 6) is 0.206. The zero-order chi connectivity index (χ0) is 13.4. The minimum absolute atomic E-state index is 0.114. The highest BCUT2D eigenvalue weighted by atomic mass is 16.5. The van der Waals surface area contributed by atoms with E-state index < -0.39 is 0 Å². The van der Waals surface area contributed by atoms with Gasteiger partial charge in [0.1, 0.15) is 0 Å². The van der Waals surface area contributed by atoms with Crippen LogP contribution < -0.4 is 11.1 Å². The monoisotopic (exact) mass is 257 g/mol. The molecule has 1 aliphatic rings. The van der Waals surface area contributed by atoms with E-state index in [1.807, 2.05) is 4.90 Å². The van der Waals surface area contributed by atoms with Gasteiger partial charge in [0.2, 0.25) is 11.8 Å². The minimum Gasteiger partial charge on any atom is -0.383 e. The molecule has 0 spiro atoms. The average Bonchev–Trinajstić information content (AvgIpc) is 2.34. The van der Waals surface area contributed by atoms with Crippen molar-refractivity contribution in [3.63, 3.8) is 0 Å². The molecule has 0 bridgehead atoms. The Balaban J connectivity index is 2.17. The molecule has 0 aromatic heterocycles. The molecule has 1 heterocycles. The maximum absolute atomic E-state index is 11.8. The van der Waals surface area contributed by atoms with E-state index >= 15 is 0 Å². The van der Waals surface area contributed by atoms with Crippen molar-refractivity contribution in [1.82, 2.24) is 10.2 Å². The number of carbonyl (C=O) groups is 2. The van der Waals surface area contributed by atoms with Crippen LogP contribution in [-0.2, 0) is 14.3 Å². The topological polar surface area (TPSA) is 84.7 Å². The molecule has 0 saturated carbocycles. The van der Waals surface area contributed by atoms with Crippen LogP contribution in [0.3, 0.4) is 0 Å². The summed E-state index contributed by atoms with van der Waals surface area (Å²) in [4.78, 5) is 24.5. The number of hydrogen-bond acceptors (Lipinski definition) is 4. The van der Waals surface area contributed by atoms with Gasteiger partial charge < -0.3 is 20.7 Å². The predicted molar refractivity (Wildman–Crippen MR) is 67.9 cm³/mol. The Labute approximate surface area is 108 Å². The van der Waals surface area contributed by atoms with E-state index in [4.69, 9.17) is 10.5 Å². The number of methoxy groups -OCH3 is 1. The summed E-state index contributed by atoms with van der Waals surface area (Å²) in [6.45, 7) is 3.09. The lowest BCUT2D eigenvalue weighted by Gasteiger charge is -2.31. The van der Waals surface area contributed by atoms with Crippen LogP contribution in [0.25, 0.3) is 0 Å². The van der Waals surface area contributed by atoms with Gasteiger partial charge >= 0.3 is 0 Å². The van der Waals surface area contributed by atoms with Gasteiger partial charge in [-0.25, -0.2) is 0 Å². The third-order valence-electron chi connectivity index (χ3n) is 3.22. The molecule has 0 aromatic carbocycles. The molecule has 2 amide bonds. The molecule has 18 heavy (non-hydrogen) atoms. The van der Waals surface area contributed by atoms with E-state index in [9.17, 15) is 9.59 Å². The number of likely N-dealkylation sites (tertiary alicyclic amines) is 1. The van der Waals surface area contributed by atoms with Gasteiger partial charge in [-0.3, -0.25) is 9.59 Å². The molecule has 0 radical (unpaired) electrons. The summed E-state index contributed by atoms with van der Waals surface area (Å²) >= 11 is 0. The van der Waals surface area contributed by atoms with Crippen molar-refractivity contribution in [2.45, 2.75) is 19.3 Å². The Hall–Kier alpha value is -1.14. The molecule has 1 aliphatic heterocycles. The highest BCUT2D eigenvalue weighted by Crippen LogP contribution is 2.19. The van der Waals surface area contributed by atoms with Crippen LogP contribution >= 0.6 is 0 Å². The summed E-state index contributed by atoms with van der Waals surface area (Å²) in [6, 6.07) is 0. The number of piperidine rings is 1. The van der Waals surface area contributed by atoms with Crippen molar-refractivity contribution >= 4 is 11.8 Å². The van der Waals surface area contributed by atoms with Crippen LogP contribution in [0.4, 0.5) is 0 Å². The molecule has 3 N–H and O–H groups in total. The fourth-order valence-corrected chi connectivity index (χ4v) is 2.15. The number of nitrogens with one attached hydrogen (secondary N) is 1. The Kier molecular flexibility index (Phi) is 6.67. The zero-order valence-corrected chi connectivity index (χ0v) is 11.0. The fraction of sp³-hybridized carbons (Fsp3) is 0.833. The van der Waals surface area contributed by atoms with E-state index in [0.717, 1.165) is 25.9 Å². The van der Waals surface area contributed by atoms with E-state index in [0.29, 0.717) is 32.0 Å². The third kappa shape index (κ3) is 5.46. The maximum Gasteiger partial charge on any atom is 0.236 e. The molecule has 1 fully saturated rings. The van der Waals surface area contributed by atoms with Crippen LogP contribution in [0.2, 0.25) is 0 Å². The maximum atomic E-state index is 11.8. The van der Waals surface area contributed by atoms with E-state index in [1.165, 1.54) is 0 Å². The highest BCUT2D eigenvalue weighted by Gasteiger charge is 2.23. The van der Waals surface area contributed by atoms with Gasteiger partial charge in [0.15, 0.2) is 0 Å². The van der Waals surface area contributed by atoms with Crippen molar-refractivity contribution in [3.05, 3.63) is 0 Å². The molecule has 104 valence electrons. The van der Waals surface area contributed by atoms with Gasteiger partial charge in [0.25, 0.3) is 0 Å². The summed E-state index contributed by atoms with van der Waals surface area (Å²) in [7, 11) is 1.63. The molecular weight excluding hydrogens is 234 g/mol. The second-order valence-electron chi connectivity index (χ2n) is 4.66. The zero-order valence-electron chi connectivity index (χ0n) is 11.0. The van der Waals surface area contributed by atoms with Gasteiger partial charge in [-0.2, -0.15) is 0 Å². The SMILES string of the molecule is COCCNCC(=O)N1CCC(CC(N)=O)CC1.